The molecule has 0 saturated carbocycles. The van der Waals surface area contributed by atoms with Crippen molar-refractivity contribution in [3.05, 3.63) is 60.0 Å². The van der Waals surface area contributed by atoms with Gasteiger partial charge in [-0.25, -0.2) is 0 Å². The zero-order valence-corrected chi connectivity index (χ0v) is 15.7. The standard InChI is InChI=1S/C22H28N4/c1-17(2)19-10-8-18(9-11-19)16-25-13-12-21-23-24-22(26(21)15-14-25)20-6-4-3-5-7-20/h3-8,19H,1,9-16H2,2H3/t19-/m1/s1. The van der Waals surface area contributed by atoms with Crippen LogP contribution in [0, 0.1) is 5.92 Å². The summed E-state index contributed by atoms with van der Waals surface area (Å²) in [5, 5.41) is 8.92. The molecule has 0 amide bonds. The summed E-state index contributed by atoms with van der Waals surface area (Å²) in [4.78, 5) is 2.58. The Hall–Kier alpha value is -2.20. The summed E-state index contributed by atoms with van der Waals surface area (Å²) in [6.45, 7) is 10.5. The van der Waals surface area contributed by atoms with Crippen molar-refractivity contribution < 1.29 is 0 Å². The zero-order chi connectivity index (χ0) is 17.9. The second kappa shape index (κ2) is 7.58. The topological polar surface area (TPSA) is 34.0 Å². The average molecular weight is 348 g/mol. The molecule has 1 aliphatic carbocycles. The molecule has 1 aromatic heterocycles. The molecule has 4 nitrogen and oxygen atoms in total. The Labute approximate surface area is 156 Å². The minimum absolute atomic E-state index is 0.687. The largest absolute Gasteiger partial charge is 0.310 e. The molecule has 0 bridgehead atoms. The van der Waals surface area contributed by atoms with Crippen LogP contribution in [0.5, 0.6) is 0 Å². The highest BCUT2D eigenvalue weighted by molar-refractivity contribution is 5.55. The fourth-order valence-corrected chi connectivity index (χ4v) is 4.09. The highest BCUT2D eigenvalue weighted by Crippen LogP contribution is 2.29. The molecular weight excluding hydrogens is 320 g/mol. The van der Waals surface area contributed by atoms with E-state index in [2.05, 4.69) is 63.5 Å². The van der Waals surface area contributed by atoms with Crippen molar-refractivity contribution in [1.82, 2.24) is 19.7 Å². The molecule has 136 valence electrons. The number of aromatic nitrogens is 3. The van der Waals surface area contributed by atoms with Crippen LogP contribution in [0.15, 0.2) is 54.1 Å². The second-order valence-corrected chi connectivity index (χ2v) is 7.66. The lowest BCUT2D eigenvalue weighted by Crippen LogP contribution is -2.30. The summed E-state index contributed by atoms with van der Waals surface area (Å²) in [5.74, 6) is 2.81. The second-order valence-electron chi connectivity index (χ2n) is 7.66. The van der Waals surface area contributed by atoms with E-state index >= 15 is 0 Å². The SMILES string of the molecule is C=C(C)[C@@H]1CC=C(CN2CCc3nnc(-c4ccccc4)n3CC2)CC1. The molecule has 2 aliphatic rings. The van der Waals surface area contributed by atoms with Crippen molar-refractivity contribution in [3.8, 4) is 11.4 Å². The fraction of sp³-hybridized carbons (Fsp3) is 0.455. The average Bonchev–Trinajstić information content (AvgIpc) is 2.98. The maximum atomic E-state index is 4.47. The van der Waals surface area contributed by atoms with E-state index < -0.39 is 0 Å². The van der Waals surface area contributed by atoms with Gasteiger partial charge in [-0.15, -0.1) is 10.2 Å². The third-order valence-corrected chi connectivity index (χ3v) is 5.78. The zero-order valence-electron chi connectivity index (χ0n) is 15.7. The lowest BCUT2D eigenvalue weighted by Gasteiger charge is -2.26. The van der Waals surface area contributed by atoms with E-state index in [1.54, 1.807) is 5.57 Å². The Bertz CT molecular complexity index is 803. The van der Waals surface area contributed by atoms with Crippen LogP contribution in [-0.4, -0.2) is 39.3 Å². The summed E-state index contributed by atoms with van der Waals surface area (Å²) >= 11 is 0. The number of hydrogen-bond donors (Lipinski definition) is 0. The van der Waals surface area contributed by atoms with Crippen LogP contribution in [0.25, 0.3) is 11.4 Å². The van der Waals surface area contributed by atoms with Crippen LogP contribution in [0.2, 0.25) is 0 Å². The van der Waals surface area contributed by atoms with Gasteiger partial charge in [0.15, 0.2) is 5.82 Å². The van der Waals surface area contributed by atoms with Crippen LogP contribution in [0.4, 0.5) is 0 Å². The quantitative estimate of drug-likeness (QED) is 0.780. The van der Waals surface area contributed by atoms with Crippen molar-refractivity contribution in [2.45, 2.75) is 39.2 Å². The summed E-state index contributed by atoms with van der Waals surface area (Å²) in [7, 11) is 0. The van der Waals surface area contributed by atoms with Gasteiger partial charge >= 0.3 is 0 Å². The third-order valence-electron chi connectivity index (χ3n) is 5.78. The molecule has 0 radical (unpaired) electrons. The Morgan fingerprint density at radius 3 is 2.69 bits per heavy atom. The van der Waals surface area contributed by atoms with E-state index in [0.29, 0.717) is 5.92 Å². The fourth-order valence-electron chi connectivity index (χ4n) is 4.09. The lowest BCUT2D eigenvalue weighted by atomic mass is 9.85. The van der Waals surface area contributed by atoms with E-state index in [-0.39, 0.29) is 0 Å². The molecule has 0 unspecified atom stereocenters. The lowest BCUT2D eigenvalue weighted by molar-refractivity contribution is 0.296. The summed E-state index contributed by atoms with van der Waals surface area (Å²) in [6.07, 6.45) is 7.08. The number of rotatable bonds is 4. The number of fused-ring (bicyclic) bond motifs is 1. The van der Waals surface area contributed by atoms with E-state index in [9.17, 15) is 0 Å². The van der Waals surface area contributed by atoms with Gasteiger partial charge in [0.1, 0.15) is 5.82 Å². The first kappa shape index (κ1) is 17.2. The highest BCUT2D eigenvalue weighted by atomic mass is 15.3. The van der Waals surface area contributed by atoms with Gasteiger partial charge in [0, 0.05) is 38.2 Å². The number of allylic oxidation sites excluding steroid dienone is 2. The van der Waals surface area contributed by atoms with Crippen molar-refractivity contribution in [2.75, 3.05) is 19.6 Å². The maximum Gasteiger partial charge on any atom is 0.164 e. The van der Waals surface area contributed by atoms with Gasteiger partial charge < -0.3 is 4.57 Å². The maximum absolute atomic E-state index is 4.47. The van der Waals surface area contributed by atoms with Gasteiger partial charge in [0.05, 0.1) is 0 Å². The number of nitrogens with zero attached hydrogens (tertiary/aromatic N) is 4. The molecule has 4 heteroatoms. The van der Waals surface area contributed by atoms with Crippen LogP contribution < -0.4 is 0 Å². The van der Waals surface area contributed by atoms with Crippen LogP contribution in [0.3, 0.4) is 0 Å². The van der Waals surface area contributed by atoms with E-state index in [1.165, 1.54) is 24.8 Å². The number of benzene rings is 1. The van der Waals surface area contributed by atoms with Gasteiger partial charge in [0.25, 0.3) is 0 Å². The van der Waals surface area contributed by atoms with E-state index in [4.69, 9.17) is 0 Å². The van der Waals surface area contributed by atoms with E-state index in [0.717, 1.165) is 49.8 Å². The van der Waals surface area contributed by atoms with Gasteiger partial charge in [0.2, 0.25) is 0 Å². The molecule has 0 fully saturated rings. The molecule has 0 N–H and O–H groups in total. The summed E-state index contributed by atoms with van der Waals surface area (Å²) in [5.41, 5.74) is 4.09. The predicted molar refractivity (Wildman–Crippen MR) is 106 cm³/mol. The highest BCUT2D eigenvalue weighted by Gasteiger charge is 2.21. The first-order valence-corrected chi connectivity index (χ1v) is 9.74. The molecular formula is C22H28N4. The van der Waals surface area contributed by atoms with Gasteiger partial charge in [-0.05, 0) is 32.1 Å². The molecule has 2 heterocycles. The normalized spacial score (nSPS) is 21.0. The minimum Gasteiger partial charge on any atom is -0.310 e. The first-order chi connectivity index (χ1) is 12.7. The van der Waals surface area contributed by atoms with Gasteiger partial charge in [-0.3, -0.25) is 4.90 Å². The molecule has 26 heavy (non-hydrogen) atoms. The minimum atomic E-state index is 0.687. The predicted octanol–water partition coefficient (Wildman–Crippen LogP) is 4.11. The molecule has 0 spiro atoms. The van der Waals surface area contributed by atoms with Crippen molar-refractivity contribution in [3.63, 3.8) is 0 Å². The summed E-state index contributed by atoms with van der Waals surface area (Å²) in [6, 6.07) is 10.4. The van der Waals surface area contributed by atoms with E-state index in [1.807, 2.05) is 6.07 Å². The number of hydrogen-bond acceptors (Lipinski definition) is 3. The Kier molecular flexibility index (Phi) is 5.02. The molecule has 1 atom stereocenters. The smallest absolute Gasteiger partial charge is 0.164 e. The summed E-state index contributed by atoms with van der Waals surface area (Å²) < 4.78 is 2.31. The Morgan fingerprint density at radius 1 is 1.12 bits per heavy atom. The van der Waals surface area contributed by atoms with Crippen LogP contribution in [-0.2, 0) is 13.0 Å². The molecule has 4 rings (SSSR count). The molecule has 1 aliphatic heterocycles. The van der Waals surface area contributed by atoms with Crippen molar-refractivity contribution >= 4 is 0 Å². The molecule has 1 aromatic carbocycles. The molecule has 0 saturated heterocycles. The van der Waals surface area contributed by atoms with Crippen molar-refractivity contribution in [2.24, 2.45) is 5.92 Å². The monoisotopic (exact) mass is 348 g/mol. The van der Waals surface area contributed by atoms with Crippen molar-refractivity contribution in [1.29, 1.82) is 0 Å². The van der Waals surface area contributed by atoms with Gasteiger partial charge in [-0.1, -0.05) is 54.1 Å². The van der Waals surface area contributed by atoms with Crippen LogP contribution in [0.1, 0.15) is 32.0 Å². The Balaban J connectivity index is 1.42. The van der Waals surface area contributed by atoms with Crippen LogP contribution >= 0.6 is 0 Å². The third kappa shape index (κ3) is 3.65. The van der Waals surface area contributed by atoms with Gasteiger partial charge in [-0.2, -0.15) is 0 Å². The Morgan fingerprint density at radius 2 is 1.96 bits per heavy atom. The molecule has 2 aromatic rings. The first-order valence-electron chi connectivity index (χ1n) is 9.74.